The van der Waals surface area contributed by atoms with Crippen molar-refractivity contribution in [3.8, 4) is 0 Å². The highest BCUT2D eigenvalue weighted by Gasteiger charge is 2.13. The first-order chi connectivity index (χ1) is 8.58. The van der Waals surface area contributed by atoms with Crippen molar-refractivity contribution in [1.82, 2.24) is 14.3 Å². The topological polar surface area (TPSA) is 74.9 Å². The molecule has 2 rings (SSSR count). The molecule has 0 saturated carbocycles. The molecule has 18 heavy (non-hydrogen) atoms. The maximum atomic E-state index is 12.0. The highest BCUT2D eigenvalue weighted by molar-refractivity contribution is 5.94. The van der Waals surface area contributed by atoms with Gasteiger partial charge in [0.05, 0.1) is 12.0 Å². The van der Waals surface area contributed by atoms with E-state index in [9.17, 15) is 9.59 Å². The van der Waals surface area contributed by atoms with E-state index in [-0.39, 0.29) is 18.9 Å². The SMILES string of the molecule is CN(CCC(=O)O)C(=O)c1ccc2nccn2c1. The van der Waals surface area contributed by atoms with Gasteiger partial charge in [0.2, 0.25) is 0 Å². The monoisotopic (exact) mass is 247 g/mol. The van der Waals surface area contributed by atoms with Gasteiger partial charge in [0, 0.05) is 32.2 Å². The van der Waals surface area contributed by atoms with Crippen LogP contribution in [0.3, 0.4) is 0 Å². The van der Waals surface area contributed by atoms with Crippen LogP contribution in [0.5, 0.6) is 0 Å². The first-order valence-electron chi connectivity index (χ1n) is 5.48. The van der Waals surface area contributed by atoms with Crippen LogP contribution in [0.15, 0.2) is 30.7 Å². The maximum absolute atomic E-state index is 12.0. The Kier molecular flexibility index (Phi) is 3.27. The lowest BCUT2D eigenvalue weighted by Gasteiger charge is -2.16. The number of fused-ring (bicyclic) bond motifs is 1. The largest absolute Gasteiger partial charge is 0.481 e. The Labute approximate surface area is 103 Å². The van der Waals surface area contributed by atoms with Gasteiger partial charge in [-0.15, -0.1) is 0 Å². The zero-order valence-corrected chi connectivity index (χ0v) is 9.91. The number of carboxylic acids is 1. The minimum Gasteiger partial charge on any atom is -0.481 e. The summed E-state index contributed by atoms with van der Waals surface area (Å²) >= 11 is 0. The van der Waals surface area contributed by atoms with Crippen molar-refractivity contribution >= 4 is 17.5 Å². The fourth-order valence-corrected chi connectivity index (χ4v) is 1.63. The normalized spacial score (nSPS) is 10.5. The Morgan fingerprint density at radius 1 is 1.44 bits per heavy atom. The Hall–Kier alpha value is -2.37. The molecular formula is C12H13N3O3. The number of carbonyl (C=O) groups excluding carboxylic acids is 1. The van der Waals surface area contributed by atoms with Gasteiger partial charge in [-0.3, -0.25) is 9.59 Å². The predicted octanol–water partition coefficient (Wildman–Crippen LogP) is 0.881. The summed E-state index contributed by atoms with van der Waals surface area (Å²) < 4.78 is 1.75. The molecule has 6 nitrogen and oxygen atoms in total. The molecule has 2 aromatic rings. The molecule has 0 aliphatic carbocycles. The fraction of sp³-hybridized carbons (Fsp3) is 0.250. The van der Waals surface area contributed by atoms with Crippen LogP contribution in [-0.2, 0) is 4.79 Å². The molecule has 0 spiro atoms. The number of amides is 1. The molecule has 2 heterocycles. The van der Waals surface area contributed by atoms with Crippen LogP contribution in [0.25, 0.3) is 5.65 Å². The van der Waals surface area contributed by atoms with Gasteiger partial charge in [-0.05, 0) is 12.1 Å². The van der Waals surface area contributed by atoms with Crippen molar-refractivity contribution in [3.05, 3.63) is 36.3 Å². The van der Waals surface area contributed by atoms with E-state index in [1.807, 2.05) is 0 Å². The van der Waals surface area contributed by atoms with Crippen LogP contribution in [0.4, 0.5) is 0 Å². The maximum Gasteiger partial charge on any atom is 0.305 e. The van der Waals surface area contributed by atoms with Crippen molar-refractivity contribution in [1.29, 1.82) is 0 Å². The van der Waals surface area contributed by atoms with Gasteiger partial charge < -0.3 is 14.4 Å². The highest BCUT2D eigenvalue weighted by atomic mass is 16.4. The molecule has 0 radical (unpaired) electrons. The summed E-state index contributed by atoms with van der Waals surface area (Å²) in [6, 6.07) is 3.43. The van der Waals surface area contributed by atoms with Crippen molar-refractivity contribution < 1.29 is 14.7 Å². The van der Waals surface area contributed by atoms with Gasteiger partial charge in [0.1, 0.15) is 5.65 Å². The summed E-state index contributed by atoms with van der Waals surface area (Å²) in [6.45, 7) is 0.191. The highest BCUT2D eigenvalue weighted by Crippen LogP contribution is 2.07. The zero-order valence-electron chi connectivity index (χ0n) is 9.91. The van der Waals surface area contributed by atoms with Crippen molar-refractivity contribution in [2.75, 3.05) is 13.6 Å². The van der Waals surface area contributed by atoms with Gasteiger partial charge >= 0.3 is 5.97 Å². The van der Waals surface area contributed by atoms with Gasteiger partial charge in [0.15, 0.2) is 0 Å². The van der Waals surface area contributed by atoms with E-state index < -0.39 is 5.97 Å². The van der Waals surface area contributed by atoms with Crippen LogP contribution in [0.1, 0.15) is 16.8 Å². The lowest BCUT2D eigenvalue weighted by Crippen LogP contribution is -2.29. The third-order valence-corrected chi connectivity index (χ3v) is 2.64. The molecule has 1 N–H and O–H groups in total. The number of aromatic nitrogens is 2. The van der Waals surface area contributed by atoms with Crippen molar-refractivity contribution in [2.45, 2.75) is 6.42 Å². The molecule has 0 aliphatic rings. The number of aliphatic carboxylic acids is 1. The average Bonchev–Trinajstić information content (AvgIpc) is 2.81. The lowest BCUT2D eigenvalue weighted by molar-refractivity contribution is -0.137. The molecule has 0 saturated heterocycles. The van der Waals surface area contributed by atoms with Crippen LogP contribution in [0, 0.1) is 0 Å². The minimum absolute atomic E-state index is 0.0600. The second-order valence-corrected chi connectivity index (χ2v) is 3.98. The lowest BCUT2D eigenvalue weighted by atomic mass is 10.2. The Morgan fingerprint density at radius 3 is 2.94 bits per heavy atom. The number of nitrogens with zero attached hydrogens (tertiary/aromatic N) is 3. The summed E-state index contributed by atoms with van der Waals surface area (Å²) in [5, 5.41) is 8.58. The molecule has 94 valence electrons. The van der Waals surface area contributed by atoms with Gasteiger partial charge in [-0.1, -0.05) is 0 Å². The second-order valence-electron chi connectivity index (χ2n) is 3.98. The Bertz CT molecular complexity index is 591. The van der Waals surface area contributed by atoms with Crippen LogP contribution >= 0.6 is 0 Å². The molecule has 0 fully saturated rings. The summed E-state index contributed by atoms with van der Waals surface area (Å²) in [4.78, 5) is 28.0. The number of carbonyl (C=O) groups is 2. The molecule has 0 aliphatic heterocycles. The van der Waals surface area contributed by atoms with E-state index in [0.29, 0.717) is 5.56 Å². The van der Waals surface area contributed by atoms with Crippen molar-refractivity contribution in [3.63, 3.8) is 0 Å². The predicted molar refractivity (Wildman–Crippen MR) is 64.4 cm³/mol. The molecule has 6 heteroatoms. The van der Waals surface area contributed by atoms with E-state index in [2.05, 4.69) is 4.98 Å². The third kappa shape index (κ3) is 2.48. The van der Waals surface area contributed by atoms with Crippen LogP contribution < -0.4 is 0 Å². The third-order valence-electron chi connectivity index (χ3n) is 2.64. The first-order valence-corrected chi connectivity index (χ1v) is 5.48. The van der Waals surface area contributed by atoms with Crippen LogP contribution in [-0.4, -0.2) is 44.9 Å². The van der Waals surface area contributed by atoms with Gasteiger partial charge in [0.25, 0.3) is 5.91 Å². The van der Waals surface area contributed by atoms with E-state index in [0.717, 1.165) is 5.65 Å². The van der Waals surface area contributed by atoms with E-state index in [1.54, 1.807) is 42.2 Å². The average molecular weight is 247 g/mol. The number of hydrogen-bond acceptors (Lipinski definition) is 3. The number of pyridine rings is 1. The smallest absolute Gasteiger partial charge is 0.305 e. The minimum atomic E-state index is -0.917. The number of imidazole rings is 1. The summed E-state index contributed by atoms with van der Waals surface area (Å²) in [6.07, 6.45) is 5.03. The number of rotatable bonds is 4. The summed E-state index contributed by atoms with van der Waals surface area (Å²) in [7, 11) is 1.59. The van der Waals surface area contributed by atoms with Gasteiger partial charge in [-0.2, -0.15) is 0 Å². The number of hydrogen-bond donors (Lipinski definition) is 1. The molecule has 2 aromatic heterocycles. The molecule has 0 aromatic carbocycles. The van der Waals surface area contributed by atoms with Crippen LogP contribution in [0.2, 0.25) is 0 Å². The van der Waals surface area contributed by atoms with E-state index in [1.165, 1.54) is 4.90 Å². The zero-order chi connectivity index (χ0) is 13.1. The molecule has 1 amide bonds. The Balaban J connectivity index is 2.14. The fourth-order valence-electron chi connectivity index (χ4n) is 1.63. The Morgan fingerprint density at radius 2 is 2.22 bits per heavy atom. The summed E-state index contributed by atoms with van der Waals surface area (Å²) in [5.74, 6) is -1.12. The quantitative estimate of drug-likeness (QED) is 0.870. The number of carboxylic acid groups (broad SMARTS) is 1. The first kappa shape index (κ1) is 12.1. The van der Waals surface area contributed by atoms with Crippen molar-refractivity contribution in [2.24, 2.45) is 0 Å². The summed E-state index contributed by atoms with van der Waals surface area (Å²) in [5.41, 5.74) is 1.27. The molecular weight excluding hydrogens is 234 g/mol. The molecule has 0 unspecified atom stereocenters. The van der Waals surface area contributed by atoms with Gasteiger partial charge in [-0.25, -0.2) is 4.98 Å². The second kappa shape index (κ2) is 4.87. The van der Waals surface area contributed by atoms with E-state index in [4.69, 9.17) is 5.11 Å². The molecule has 0 atom stereocenters. The molecule has 0 bridgehead atoms. The van der Waals surface area contributed by atoms with E-state index >= 15 is 0 Å². The standard InChI is InChI=1S/C12H13N3O3/c1-14(6-4-11(16)17)12(18)9-2-3-10-13-5-7-15(10)8-9/h2-3,5,7-8H,4,6H2,1H3,(H,16,17).